The van der Waals surface area contributed by atoms with E-state index in [-0.39, 0.29) is 11.6 Å². The van der Waals surface area contributed by atoms with Crippen LogP contribution in [0.25, 0.3) is 0 Å². The number of aromatic nitrogens is 2. The molecular formula is C19H21F2N5S. The lowest BCUT2D eigenvalue weighted by molar-refractivity contribution is 0.205. The van der Waals surface area contributed by atoms with Crippen molar-refractivity contribution in [3.05, 3.63) is 53.6 Å². The first-order valence-corrected chi connectivity index (χ1v) is 9.79. The number of aliphatic imine (C=N–C) groups is 1. The second kappa shape index (κ2) is 6.44. The third kappa shape index (κ3) is 3.16. The molecule has 0 saturated carbocycles. The molecule has 142 valence electrons. The van der Waals surface area contributed by atoms with E-state index in [1.807, 2.05) is 35.2 Å². The zero-order chi connectivity index (χ0) is 19.2. The summed E-state index contributed by atoms with van der Waals surface area (Å²) in [5.41, 5.74) is 4.53. The fraction of sp³-hybridized carbons (Fsp3) is 0.421. The zero-order valence-electron chi connectivity index (χ0n) is 15.2. The predicted molar refractivity (Wildman–Crippen MR) is 104 cm³/mol. The van der Waals surface area contributed by atoms with Crippen LogP contribution in [0.2, 0.25) is 0 Å². The summed E-state index contributed by atoms with van der Waals surface area (Å²) >= 11 is 1.54. The van der Waals surface area contributed by atoms with Gasteiger partial charge in [0.25, 0.3) is 0 Å². The van der Waals surface area contributed by atoms with Crippen molar-refractivity contribution in [1.82, 2.24) is 9.97 Å². The van der Waals surface area contributed by atoms with Crippen LogP contribution in [0.4, 0.5) is 14.7 Å². The van der Waals surface area contributed by atoms with Gasteiger partial charge in [-0.15, -0.1) is 0 Å². The number of alkyl halides is 1. The van der Waals surface area contributed by atoms with Gasteiger partial charge in [0, 0.05) is 18.2 Å². The van der Waals surface area contributed by atoms with Gasteiger partial charge in [-0.3, -0.25) is 0 Å². The SMILES string of the molecule is CC(C)(F)c1nc(N2C[C@H]3CSC(N)=NC3(c3ccccc3)C2)ncc1F. The van der Waals surface area contributed by atoms with E-state index in [0.717, 1.165) is 17.5 Å². The van der Waals surface area contributed by atoms with Crippen LogP contribution in [0.3, 0.4) is 0 Å². The molecule has 2 N–H and O–H groups in total. The Morgan fingerprint density at radius 3 is 2.74 bits per heavy atom. The largest absolute Gasteiger partial charge is 0.379 e. The Kier molecular flexibility index (Phi) is 4.33. The topological polar surface area (TPSA) is 67.4 Å². The highest BCUT2D eigenvalue weighted by atomic mass is 32.2. The summed E-state index contributed by atoms with van der Waals surface area (Å²) in [5, 5.41) is 0.558. The van der Waals surface area contributed by atoms with E-state index in [4.69, 9.17) is 10.7 Å². The maximum absolute atomic E-state index is 14.3. The van der Waals surface area contributed by atoms with E-state index in [0.29, 0.717) is 24.2 Å². The van der Waals surface area contributed by atoms with Gasteiger partial charge < -0.3 is 10.6 Å². The first-order valence-electron chi connectivity index (χ1n) is 8.80. The van der Waals surface area contributed by atoms with Crippen molar-refractivity contribution in [2.45, 2.75) is 25.1 Å². The highest BCUT2D eigenvalue weighted by Gasteiger charge is 2.50. The normalized spacial score (nSPS) is 25.3. The Balaban J connectivity index is 1.75. The molecule has 0 aliphatic carbocycles. The van der Waals surface area contributed by atoms with Crippen molar-refractivity contribution >= 4 is 22.9 Å². The van der Waals surface area contributed by atoms with E-state index < -0.39 is 17.0 Å². The number of halogens is 2. The van der Waals surface area contributed by atoms with Gasteiger partial charge >= 0.3 is 0 Å². The van der Waals surface area contributed by atoms with E-state index in [9.17, 15) is 8.78 Å². The molecule has 1 aromatic heterocycles. The highest BCUT2D eigenvalue weighted by Crippen LogP contribution is 2.46. The van der Waals surface area contributed by atoms with Gasteiger partial charge in [-0.05, 0) is 19.4 Å². The molecule has 2 aliphatic heterocycles. The smallest absolute Gasteiger partial charge is 0.225 e. The molecule has 1 unspecified atom stereocenters. The second-order valence-corrected chi connectivity index (χ2v) is 8.51. The molecule has 1 fully saturated rings. The van der Waals surface area contributed by atoms with Crippen LogP contribution in [0.1, 0.15) is 25.1 Å². The average Bonchev–Trinajstić information content (AvgIpc) is 3.02. The standard InChI is InChI=1S/C19H21F2N5S/c1-18(2,21)15-14(20)8-23-17(24-15)26-9-13-10-27-16(22)25-19(13,11-26)12-6-4-3-5-7-12/h3-8,13H,9-11H2,1-2H3,(H2,22,25)/t13-,19?/m0/s1. The summed E-state index contributed by atoms with van der Waals surface area (Å²) in [5.74, 6) is 0.607. The summed E-state index contributed by atoms with van der Waals surface area (Å²) in [6.45, 7) is 3.75. The molecule has 27 heavy (non-hydrogen) atoms. The molecule has 5 nitrogen and oxygen atoms in total. The molecule has 0 radical (unpaired) electrons. The van der Waals surface area contributed by atoms with Crippen molar-refractivity contribution in [2.75, 3.05) is 23.7 Å². The molecule has 2 atom stereocenters. The maximum Gasteiger partial charge on any atom is 0.225 e. The molecule has 2 aliphatic rings. The molecule has 1 saturated heterocycles. The van der Waals surface area contributed by atoms with Crippen LogP contribution in [0.15, 0.2) is 41.5 Å². The molecular weight excluding hydrogens is 368 g/mol. The summed E-state index contributed by atoms with van der Waals surface area (Å²) in [6, 6.07) is 10.0. The van der Waals surface area contributed by atoms with Gasteiger partial charge in [-0.1, -0.05) is 42.1 Å². The first kappa shape index (κ1) is 18.2. The van der Waals surface area contributed by atoms with Gasteiger partial charge in [-0.25, -0.2) is 23.7 Å². The summed E-state index contributed by atoms with van der Waals surface area (Å²) < 4.78 is 28.4. The van der Waals surface area contributed by atoms with E-state index >= 15 is 0 Å². The predicted octanol–water partition coefficient (Wildman–Crippen LogP) is 3.21. The van der Waals surface area contributed by atoms with Crippen LogP contribution in [-0.2, 0) is 11.2 Å². The number of amidine groups is 1. The minimum atomic E-state index is -1.89. The minimum Gasteiger partial charge on any atom is -0.379 e. The van der Waals surface area contributed by atoms with E-state index in [1.165, 1.54) is 25.6 Å². The van der Waals surface area contributed by atoms with Gasteiger partial charge in [0.05, 0.1) is 12.7 Å². The summed E-state index contributed by atoms with van der Waals surface area (Å²) in [7, 11) is 0. The fourth-order valence-corrected chi connectivity index (χ4v) is 4.81. The molecule has 1 aromatic carbocycles. The molecule has 2 aromatic rings. The van der Waals surface area contributed by atoms with Crippen LogP contribution in [0.5, 0.6) is 0 Å². The summed E-state index contributed by atoms with van der Waals surface area (Å²) in [4.78, 5) is 15.1. The first-order chi connectivity index (χ1) is 12.8. The van der Waals surface area contributed by atoms with Gasteiger partial charge in [0.1, 0.15) is 16.9 Å². The number of fused-ring (bicyclic) bond motifs is 1. The van der Waals surface area contributed by atoms with Gasteiger partial charge in [-0.2, -0.15) is 0 Å². The molecule has 4 rings (SSSR count). The Hall–Kier alpha value is -2.22. The molecule has 8 heteroatoms. The Morgan fingerprint density at radius 1 is 1.30 bits per heavy atom. The number of nitrogens with two attached hydrogens (primary N) is 1. The van der Waals surface area contributed by atoms with E-state index in [2.05, 4.69) is 9.97 Å². The third-order valence-corrected chi connectivity index (χ3v) is 6.10. The van der Waals surface area contributed by atoms with Crippen molar-refractivity contribution in [3.63, 3.8) is 0 Å². The molecule has 0 spiro atoms. The quantitative estimate of drug-likeness (QED) is 0.873. The fourth-order valence-electron chi connectivity index (χ4n) is 3.83. The Bertz CT molecular complexity index is 883. The maximum atomic E-state index is 14.3. The van der Waals surface area contributed by atoms with Crippen molar-refractivity contribution in [3.8, 4) is 0 Å². The highest BCUT2D eigenvalue weighted by molar-refractivity contribution is 8.13. The number of hydrogen-bond acceptors (Lipinski definition) is 6. The number of thioether (sulfide) groups is 1. The Labute approximate surface area is 161 Å². The minimum absolute atomic E-state index is 0.202. The average molecular weight is 389 g/mol. The third-order valence-electron chi connectivity index (χ3n) is 5.14. The summed E-state index contributed by atoms with van der Waals surface area (Å²) in [6.07, 6.45) is 1.04. The Morgan fingerprint density at radius 2 is 2.04 bits per heavy atom. The molecule has 0 bridgehead atoms. The van der Waals surface area contributed by atoms with Crippen LogP contribution in [0, 0.1) is 11.7 Å². The van der Waals surface area contributed by atoms with Gasteiger partial charge in [0.2, 0.25) is 5.95 Å². The van der Waals surface area contributed by atoms with Crippen molar-refractivity contribution < 1.29 is 8.78 Å². The zero-order valence-corrected chi connectivity index (χ0v) is 16.0. The lowest BCUT2D eigenvalue weighted by atomic mass is 9.82. The number of rotatable bonds is 3. The van der Waals surface area contributed by atoms with Crippen LogP contribution < -0.4 is 10.6 Å². The number of anilines is 1. The van der Waals surface area contributed by atoms with Crippen LogP contribution >= 0.6 is 11.8 Å². The second-order valence-electron chi connectivity index (χ2n) is 7.47. The number of benzene rings is 1. The van der Waals surface area contributed by atoms with Crippen LogP contribution in [-0.4, -0.2) is 34.0 Å². The molecule has 3 heterocycles. The lowest BCUT2D eigenvalue weighted by Gasteiger charge is -2.34. The number of nitrogens with zero attached hydrogens (tertiary/aromatic N) is 4. The monoisotopic (exact) mass is 389 g/mol. The number of hydrogen-bond donors (Lipinski definition) is 1. The van der Waals surface area contributed by atoms with Gasteiger partial charge in [0.15, 0.2) is 11.0 Å². The van der Waals surface area contributed by atoms with Crippen molar-refractivity contribution in [1.29, 1.82) is 0 Å². The van der Waals surface area contributed by atoms with Crippen molar-refractivity contribution in [2.24, 2.45) is 16.6 Å². The lowest BCUT2D eigenvalue weighted by Crippen LogP contribution is -2.40. The van der Waals surface area contributed by atoms with E-state index in [1.54, 1.807) is 0 Å². The molecule has 0 amide bonds.